The van der Waals surface area contributed by atoms with Crippen molar-refractivity contribution >= 4 is 28.4 Å². The van der Waals surface area contributed by atoms with E-state index in [9.17, 15) is 9.59 Å². The Kier molecular flexibility index (Phi) is 6.24. The number of amides is 2. The fraction of sp³-hybridized carbons (Fsp3) is 0.250. The number of fused-ring (bicyclic) bond motifs is 1. The maximum atomic E-state index is 12.8. The second kappa shape index (κ2) is 9.14. The zero-order valence-electron chi connectivity index (χ0n) is 20.3. The van der Waals surface area contributed by atoms with Gasteiger partial charge in [0.05, 0.1) is 17.9 Å². The molecule has 0 fully saturated rings. The van der Waals surface area contributed by atoms with Crippen molar-refractivity contribution in [1.29, 1.82) is 0 Å². The summed E-state index contributed by atoms with van der Waals surface area (Å²) in [6.45, 7) is 10.2. The summed E-state index contributed by atoms with van der Waals surface area (Å²) in [6.07, 6.45) is 0. The maximum absolute atomic E-state index is 12.8. The van der Waals surface area contributed by atoms with Crippen LogP contribution in [0.3, 0.4) is 0 Å². The van der Waals surface area contributed by atoms with Gasteiger partial charge in [0.2, 0.25) is 5.91 Å². The van der Waals surface area contributed by atoms with Gasteiger partial charge in [-0.15, -0.1) is 0 Å². The van der Waals surface area contributed by atoms with Gasteiger partial charge in [-0.05, 0) is 48.4 Å². The molecule has 2 N–H and O–H groups in total. The van der Waals surface area contributed by atoms with Gasteiger partial charge in [-0.25, -0.2) is 4.68 Å². The van der Waals surface area contributed by atoms with Crippen molar-refractivity contribution in [3.8, 4) is 5.69 Å². The molecule has 0 aliphatic heterocycles. The number of benzene rings is 3. The number of rotatable bonds is 5. The van der Waals surface area contributed by atoms with Gasteiger partial charge in [-0.3, -0.25) is 9.59 Å². The highest BCUT2D eigenvalue weighted by Crippen LogP contribution is 2.27. The van der Waals surface area contributed by atoms with E-state index in [-0.39, 0.29) is 23.8 Å². The summed E-state index contributed by atoms with van der Waals surface area (Å²) < 4.78 is 1.76. The minimum Gasteiger partial charge on any atom is -0.343 e. The Hall–Kier alpha value is -3.93. The molecule has 6 nitrogen and oxygen atoms in total. The lowest BCUT2D eigenvalue weighted by molar-refractivity contribution is -0.115. The van der Waals surface area contributed by atoms with Crippen LogP contribution in [0.5, 0.6) is 0 Å². The van der Waals surface area contributed by atoms with Gasteiger partial charge in [0, 0.05) is 17.0 Å². The van der Waals surface area contributed by atoms with Crippen LogP contribution in [0.1, 0.15) is 48.0 Å². The second-order valence-electron chi connectivity index (χ2n) is 9.66. The number of hydrogen-bond acceptors (Lipinski definition) is 3. The average Bonchev–Trinajstić information content (AvgIpc) is 3.21. The Bertz CT molecular complexity index is 1380. The largest absolute Gasteiger partial charge is 0.343 e. The minimum absolute atomic E-state index is 0.144. The highest BCUT2D eigenvalue weighted by atomic mass is 16.2. The van der Waals surface area contributed by atoms with Gasteiger partial charge in [0.25, 0.3) is 5.91 Å². The molecule has 0 bridgehead atoms. The number of carbonyl (C=O) groups is 2. The first-order chi connectivity index (χ1) is 16.1. The first-order valence-electron chi connectivity index (χ1n) is 11.4. The molecule has 0 aliphatic rings. The molecule has 0 radical (unpaired) electrons. The molecule has 4 rings (SSSR count). The van der Waals surface area contributed by atoms with Gasteiger partial charge in [0.1, 0.15) is 5.82 Å². The third kappa shape index (κ3) is 5.01. The Morgan fingerprint density at radius 2 is 1.65 bits per heavy atom. The molecule has 174 valence electrons. The van der Waals surface area contributed by atoms with E-state index < -0.39 is 0 Å². The summed E-state index contributed by atoms with van der Waals surface area (Å²) in [7, 11) is 0. The van der Waals surface area contributed by atoms with Crippen LogP contribution in [0, 0.1) is 13.8 Å². The third-order valence-corrected chi connectivity index (χ3v) is 5.75. The SMILES string of the molecule is Cc1ccc(-n2nc(C(C)(C)C)cc2NC(=O)CNC(=O)c2ccc3ccccc3c2)c(C)c1. The highest BCUT2D eigenvalue weighted by Gasteiger charge is 2.22. The van der Waals surface area contributed by atoms with Crippen molar-refractivity contribution in [2.75, 3.05) is 11.9 Å². The topological polar surface area (TPSA) is 76.0 Å². The Morgan fingerprint density at radius 3 is 2.35 bits per heavy atom. The van der Waals surface area contributed by atoms with Gasteiger partial charge in [-0.2, -0.15) is 5.10 Å². The van der Waals surface area contributed by atoms with Crippen molar-refractivity contribution in [3.05, 3.63) is 89.1 Å². The van der Waals surface area contributed by atoms with Gasteiger partial charge >= 0.3 is 0 Å². The first kappa shape index (κ1) is 23.2. The monoisotopic (exact) mass is 454 g/mol. The van der Waals surface area contributed by atoms with Crippen molar-refractivity contribution in [2.24, 2.45) is 0 Å². The Morgan fingerprint density at radius 1 is 0.912 bits per heavy atom. The first-order valence-corrected chi connectivity index (χ1v) is 11.4. The van der Waals surface area contributed by atoms with Crippen molar-refractivity contribution in [2.45, 2.75) is 40.0 Å². The molecule has 0 spiro atoms. The smallest absolute Gasteiger partial charge is 0.251 e. The number of hydrogen-bond donors (Lipinski definition) is 2. The van der Waals surface area contributed by atoms with Crippen molar-refractivity contribution in [1.82, 2.24) is 15.1 Å². The number of aromatic nitrogens is 2. The summed E-state index contributed by atoms with van der Waals surface area (Å²) >= 11 is 0. The Labute approximate surface area is 200 Å². The van der Waals surface area contributed by atoms with E-state index in [2.05, 4.69) is 37.5 Å². The highest BCUT2D eigenvalue weighted by molar-refractivity contribution is 6.01. The summed E-state index contributed by atoms with van der Waals surface area (Å²) in [5, 5.41) is 12.5. The van der Waals surface area contributed by atoms with Crippen molar-refractivity contribution in [3.63, 3.8) is 0 Å². The summed E-state index contributed by atoms with van der Waals surface area (Å²) in [6, 6.07) is 21.3. The molecule has 0 atom stereocenters. The summed E-state index contributed by atoms with van der Waals surface area (Å²) in [5.41, 5.74) is 4.31. The molecular weight excluding hydrogens is 424 g/mol. The summed E-state index contributed by atoms with van der Waals surface area (Å²) in [4.78, 5) is 25.4. The van der Waals surface area contributed by atoms with E-state index in [1.54, 1.807) is 10.7 Å². The quantitative estimate of drug-likeness (QED) is 0.429. The zero-order valence-corrected chi connectivity index (χ0v) is 20.3. The lowest BCUT2D eigenvalue weighted by atomic mass is 9.92. The number of nitrogens with one attached hydrogen (secondary N) is 2. The number of carbonyl (C=O) groups excluding carboxylic acids is 2. The van der Waals surface area contributed by atoms with E-state index in [1.165, 1.54) is 0 Å². The average molecular weight is 455 g/mol. The molecule has 0 aliphatic carbocycles. The zero-order chi connectivity index (χ0) is 24.5. The molecule has 4 aromatic rings. The van der Waals surface area contributed by atoms with Crippen LogP contribution < -0.4 is 10.6 Å². The normalized spacial score (nSPS) is 11.4. The molecule has 1 heterocycles. The summed E-state index contributed by atoms with van der Waals surface area (Å²) in [5.74, 6) is -0.0403. The molecule has 0 saturated carbocycles. The molecule has 0 saturated heterocycles. The number of anilines is 1. The number of aryl methyl sites for hydroxylation is 2. The minimum atomic E-state index is -0.319. The molecule has 2 amide bonds. The molecule has 3 aromatic carbocycles. The third-order valence-electron chi connectivity index (χ3n) is 5.75. The van der Waals surface area contributed by atoms with E-state index >= 15 is 0 Å². The van der Waals surface area contributed by atoms with Crippen LogP contribution in [0.4, 0.5) is 5.82 Å². The van der Waals surface area contributed by atoms with Crippen LogP contribution in [-0.4, -0.2) is 28.1 Å². The van der Waals surface area contributed by atoms with Crippen LogP contribution in [0.25, 0.3) is 16.5 Å². The maximum Gasteiger partial charge on any atom is 0.251 e. The molecule has 1 aromatic heterocycles. The van der Waals surface area contributed by atoms with Crippen LogP contribution in [0.15, 0.2) is 66.7 Å². The predicted molar refractivity (Wildman–Crippen MR) is 137 cm³/mol. The molecule has 34 heavy (non-hydrogen) atoms. The van der Waals surface area contributed by atoms with Gasteiger partial charge in [-0.1, -0.05) is 68.8 Å². The standard InChI is InChI=1S/C28H30N4O2/c1-18-10-13-23(19(2)14-18)32-25(16-24(31-32)28(3,4)5)30-26(33)17-29-27(34)22-12-11-20-8-6-7-9-21(20)15-22/h6-16H,17H2,1-5H3,(H,29,34)(H,30,33). The van der Waals surface area contributed by atoms with E-state index in [1.807, 2.05) is 68.4 Å². The molecule has 6 heteroatoms. The van der Waals surface area contributed by atoms with Crippen molar-refractivity contribution < 1.29 is 9.59 Å². The van der Waals surface area contributed by atoms with Gasteiger partial charge < -0.3 is 10.6 Å². The molecule has 0 unspecified atom stereocenters. The fourth-order valence-electron chi connectivity index (χ4n) is 3.84. The predicted octanol–water partition coefficient (Wildman–Crippen LogP) is 5.31. The fourth-order valence-corrected chi connectivity index (χ4v) is 3.84. The number of nitrogens with zero attached hydrogens (tertiary/aromatic N) is 2. The lowest BCUT2D eigenvalue weighted by Gasteiger charge is -2.14. The second-order valence-corrected chi connectivity index (χ2v) is 9.66. The van der Waals surface area contributed by atoms with E-state index in [0.29, 0.717) is 11.4 Å². The van der Waals surface area contributed by atoms with Gasteiger partial charge in [0.15, 0.2) is 0 Å². The lowest BCUT2D eigenvalue weighted by Crippen LogP contribution is -2.33. The van der Waals surface area contributed by atoms with E-state index in [0.717, 1.165) is 33.3 Å². The molecular formula is C28H30N4O2. The Balaban J connectivity index is 1.51. The van der Waals surface area contributed by atoms with E-state index in [4.69, 9.17) is 5.10 Å². The van der Waals surface area contributed by atoms with Crippen LogP contribution >= 0.6 is 0 Å². The van der Waals surface area contributed by atoms with Crippen LogP contribution in [0.2, 0.25) is 0 Å². The van der Waals surface area contributed by atoms with Crippen LogP contribution in [-0.2, 0) is 10.2 Å².